The number of nitrogens with one attached hydrogen (secondary N) is 1. The monoisotopic (exact) mass is 389 g/mol. The van der Waals surface area contributed by atoms with Gasteiger partial charge in [0.1, 0.15) is 11.4 Å². The van der Waals surface area contributed by atoms with Crippen LogP contribution in [0.2, 0.25) is 5.02 Å². The fourth-order valence-corrected chi connectivity index (χ4v) is 3.63. The van der Waals surface area contributed by atoms with Crippen LogP contribution in [0.25, 0.3) is 0 Å². The van der Waals surface area contributed by atoms with Gasteiger partial charge in [-0.15, -0.1) is 0 Å². The Bertz CT molecular complexity index is 849. The number of nitrogens with zero attached hydrogens (tertiary/aromatic N) is 2. The molecule has 0 bridgehead atoms. The van der Waals surface area contributed by atoms with E-state index in [1.165, 1.54) is 0 Å². The van der Waals surface area contributed by atoms with Crippen molar-refractivity contribution in [2.75, 3.05) is 0 Å². The number of carbonyl (C=O) groups excluding carboxylic acids is 2. The summed E-state index contributed by atoms with van der Waals surface area (Å²) < 4.78 is 1.58. The number of benzene rings is 1. The number of aliphatic hydroxyl groups excluding tert-OH is 1. The van der Waals surface area contributed by atoms with Crippen LogP contribution in [0.15, 0.2) is 30.3 Å². The van der Waals surface area contributed by atoms with Crippen LogP contribution in [0.3, 0.4) is 0 Å². The summed E-state index contributed by atoms with van der Waals surface area (Å²) >= 11 is 6.10. The number of amides is 1. The zero-order chi connectivity index (χ0) is 19.6. The van der Waals surface area contributed by atoms with E-state index in [4.69, 9.17) is 11.6 Å². The Morgan fingerprint density at radius 1 is 1.37 bits per heavy atom. The fraction of sp³-hybridized carbons (Fsp3) is 0.450. The highest BCUT2D eigenvalue weighted by Crippen LogP contribution is 2.24. The van der Waals surface area contributed by atoms with Crippen molar-refractivity contribution in [1.29, 1.82) is 0 Å². The Hall–Kier alpha value is -2.18. The van der Waals surface area contributed by atoms with Crippen LogP contribution in [-0.4, -0.2) is 38.7 Å². The minimum atomic E-state index is -0.372. The number of ketones is 1. The molecular weight excluding hydrogens is 366 g/mol. The third-order valence-corrected chi connectivity index (χ3v) is 5.25. The smallest absolute Gasteiger partial charge is 0.269 e. The maximum atomic E-state index is 12.9. The standard InChI is InChI=1S/C20H24ClN3O3/c1-3-19(26)17-11-18(20(27)22-15-7-8-16(25)10-15)24(23-17)12(2)13-5-4-6-14(21)9-13/h4-6,9,11-12,15-16,25H,3,7-8,10H2,1-2H3,(H,22,27)/t12-,15+,16+/m0/s1. The number of hydrogen-bond acceptors (Lipinski definition) is 4. The van der Waals surface area contributed by atoms with Crippen molar-refractivity contribution >= 4 is 23.3 Å². The molecule has 1 amide bonds. The molecule has 0 saturated heterocycles. The highest BCUT2D eigenvalue weighted by Gasteiger charge is 2.28. The molecule has 6 nitrogen and oxygen atoms in total. The van der Waals surface area contributed by atoms with Crippen LogP contribution >= 0.6 is 11.6 Å². The minimum absolute atomic E-state index is 0.0670. The second-order valence-electron chi connectivity index (χ2n) is 7.00. The van der Waals surface area contributed by atoms with Gasteiger partial charge in [0.2, 0.25) is 0 Å². The Balaban J connectivity index is 1.92. The quantitative estimate of drug-likeness (QED) is 0.742. The van der Waals surface area contributed by atoms with Gasteiger partial charge in [-0.1, -0.05) is 30.7 Å². The number of carbonyl (C=O) groups is 2. The van der Waals surface area contributed by atoms with Gasteiger partial charge in [0.15, 0.2) is 5.78 Å². The van der Waals surface area contributed by atoms with Crippen molar-refractivity contribution in [2.45, 2.75) is 57.7 Å². The predicted molar refractivity (Wildman–Crippen MR) is 103 cm³/mol. The van der Waals surface area contributed by atoms with Crippen LogP contribution in [0.5, 0.6) is 0 Å². The summed E-state index contributed by atoms with van der Waals surface area (Å²) in [7, 11) is 0. The van der Waals surface area contributed by atoms with Gasteiger partial charge in [-0.05, 0) is 43.9 Å². The van der Waals surface area contributed by atoms with E-state index in [1.54, 1.807) is 23.7 Å². The molecule has 144 valence electrons. The number of aromatic nitrogens is 2. The summed E-state index contributed by atoms with van der Waals surface area (Å²) in [6.45, 7) is 3.68. The summed E-state index contributed by atoms with van der Waals surface area (Å²) in [5, 5.41) is 17.7. The molecule has 1 aliphatic carbocycles. The highest BCUT2D eigenvalue weighted by atomic mass is 35.5. The minimum Gasteiger partial charge on any atom is -0.393 e. The fourth-order valence-electron chi connectivity index (χ4n) is 3.43. The van der Waals surface area contributed by atoms with Crippen LogP contribution in [-0.2, 0) is 0 Å². The molecule has 3 atom stereocenters. The lowest BCUT2D eigenvalue weighted by molar-refractivity contribution is 0.0920. The number of Topliss-reactive ketones (excluding diaryl/α,β-unsaturated/α-hetero) is 1. The molecule has 0 aliphatic heterocycles. The van der Waals surface area contributed by atoms with Gasteiger partial charge in [-0.25, -0.2) is 0 Å². The van der Waals surface area contributed by atoms with E-state index in [0.29, 0.717) is 30.0 Å². The Morgan fingerprint density at radius 2 is 2.15 bits per heavy atom. The molecule has 1 fully saturated rings. The first kappa shape index (κ1) is 19.6. The lowest BCUT2D eigenvalue weighted by Gasteiger charge is -2.18. The van der Waals surface area contributed by atoms with Gasteiger partial charge >= 0.3 is 0 Å². The molecule has 0 radical (unpaired) electrons. The molecule has 3 rings (SSSR count). The van der Waals surface area contributed by atoms with Crippen molar-refractivity contribution in [3.8, 4) is 0 Å². The van der Waals surface area contributed by atoms with E-state index >= 15 is 0 Å². The first-order chi connectivity index (χ1) is 12.9. The Morgan fingerprint density at radius 3 is 2.78 bits per heavy atom. The third kappa shape index (κ3) is 4.39. The molecule has 1 aromatic carbocycles. The molecule has 1 aromatic heterocycles. The van der Waals surface area contributed by atoms with Gasteiger partial charge in [-0.2, -0.15) is 5.10 Å². The van der Waals surface area contributed by atoms with Gasteiger partial charge in [-0.3, -0.25) is 14.3 Å². The number of rotatable bonds is 6. The Labute approximate surface area is 163 Å². The summed E-state index contributed by atoms with van der Waals surface area (Å²) in [6.07, 6.45) is 1.92. The van der Waals surface area contributed by atoms with Crippen molar-refractivity contribution in [3.63, 3.8) is 0 Å². The Kier molecular flexibility index (Phi) is 5.97. The van der Waals surface area contributed by atoms with E-state index in [2.05, 4.69) is 10.4 Å². The predicted octanol–water partition coefficient (Wildman–Crippen LogP) is 3.38. The van der Waals surface area contributed by atoms with Crippen LogP contribution < -0.4 is 5.32 Å². The maximum Gasteiger partial charge on any atom is 0.269 e. The lowest BCUT2D eigenvalue weighted by atomic mass is 10.1. The van der Waals surface area contributed by atoms with E-state index in [1.807, 2.05) is 25.1 Å². The normalized spacial score (nSPS) is 20.4. The average molecular weight is 390 g/mol. The summed E-state index contributed by atoms with van der Waals surface area (Å²) in [4.78, 5) is 25.0. The van der Waals surface area contributed by atoms with E-state index in [0.717, 1.165) is 12.0 Å². The van der Waals surface area contributed by atoms with Gasteiger partial charge in [0.05, 0.1) is 12.1 Å². The second kappa shape index (κ2) is 8.23. The second-order valence-corrected chi connectivity index (χ2v) is 7.44. The first-order valence-corrected chi connectivity index (χ1v) is 9.64. The number of halogens is 1. The number of hydrogen-bond donors (Lipinski definition) is 2. The van der Waals surface area contributed by atoms with Gasteiger partial charge < -0.3 is 10.4 Å². The third-order valence-electron chi connectivity index (χ3n) is 5.01. The molecule has 2 aromatic rings. The number of aliphatic hydroxyl groups is 1. The van der Waals surface area contributed by atoms with E-state index in [-0.39, 0.29) is 35.6 Å². The topological polar surface area (TPSA) is 84.2 Å². The molecule has 27 heavy (non-hydrogen) atoms. The SMILES string of the molecule is CCC(=O)c1cc(C(=O)N[C@@H]2CC[C@@H](O)C2)n([C@@H](C)c2cccc(Cl)c2)n1. The molecule has 1 heterocycles. The van der Waals surface area contributed by atoms with Crippen LogP contribution in [0.1, 0.15) is 72.1 Å². The van der Waals surface area contributed by atoms with Crippen LogP contribution in [0, 0.1) is 0 Å². The lowest BCUT2D eigenvalue weighted by Crippen LogP contribution is -2.35. The van der Waals surface area contributed by atoms with Crippen molar-refractivity contribution in [3.05, 3.63) is 52.3 Å². The van der Waals surface area contributed by atoms with E-state index < -0.39 is 0 Å². The maximum absolute atomic E-state index is 12.9. The molecular formula is C20H24ClN3O3. The molecule has 7 heteroatoms. The van der Waals surface area contributed by atoms with Gasteiger partial charge in [0, 0.05) is 23.6 Å². The highest BCUT2D eigenvalue weighted by molar-refractivity contribution is 6.30. The summed E-state index contributed by atoms with van der Waals surface area (Å²) in [6, 6.07) is 8.58. The van der Waals surface area contributed by atoms with Crippen molar-refractivity contribution < 1.29 is 14.7 Å². The molecule has 1 saturated carbocycles. The van der Waals surface area contributed by atoms with Crippen LogP contribution in [0.4, 0.5) is 0 Å². The zero-order valence-corrected chi connectivity index (χ0v) is 16.2. The molecule has 0 spiro atoms. The van der Waals surface area contributed by atoms with Crippen molar-refractivity contribution in [1.82, 2.24) is 15.1 Å². The molecule has 1 aliphatic rings. The van der Waals surface area contributed by atoms with Crippen molar-refractivity contribution in [2.24, 2.45) is 0 Å². The summed E-state index contributed by atoms with van der Waals surface area (Å²) in [5.41, 5.74) is 1.51. The molecule has 2 N–H and O–H groups in total. The average Bonchev–Trinajstić information content (AvgIpc) is 3.27. The largest absolute Gasteiger partial charge is 0.393 e. The molecule has 0 unspecified atom stereocenters. The summed E-state index contributed by atoms with van der Waals surface area (Å²) in [5.74, 6) is -0.400. The van der Waals surface area contributed by atoms with Gasteiger partial charge in [0.25, 0.3) is 5.91 Å². The first-order valence-electron chi connectivity index (χ1n) is 9.26. The zero-order valence-electron chi connectivity index (χ0n) is 15.5. The van der Waals surface area contributed by atoms with E-state index in [9.17, 15) is 14.7 Å².